The molecule has 0 fully saturated rings. The van der Waals surface area contributed by atoms with Crippen molar-refractivity contribution < 1.29 is 19.1 Å². The summed E-state index contributed by atoms with van der Waals surface area (Å²) in [5, 5.41) is 11.2. The molecule has 0 spiro atoms. The van der Waals surface area contributed by atoms with Gasteiger partial charge in [-0.3, -0.25) is 4.79 Å². The summed E-state index contributed by atoms with van der Waals surface area (Å²) < 4.78 is 4.83. The summed E-state index contributed by atoms with van der Waals surface area (Å²) in [7, 11) is 0. The summed E-state index contributed by atoms with van der Waals surface area (Å²) >= 11 is 0. The van der Waals surface area contributed by atoms with Gasteiger partial charge >= 0.3 is 5.97 Å². The highest BCUT2D eigenvalue weighted by Gasteiger charge is 2.13. The maximum Gasteiger partial charge on any atom is 0.338 e. The van der Waals surface area contributed by atoms with Gasteiger partial charge in [-0.1, -0.05) is 13.3 Å². The average molecular weight is 211 g/mol. The fourth-order valence-corrected chi connectivity index (χ4v) is 1.03. The monoisotopic (exact) mass is 211 g/mol. The number of hydrogen-bond donors (Lipinski definition) is 2. The standard InChI is InChI=1S/C10H13NO4/c1-2-3-4-11-9(12)8-5-7(6-15-8)10(13)14/h5-6H,2-4H2,1H3,(H,11,12)(H,13,14). The highest BCUT2D eigenvalue weighted by atomic mass is 16.4. The third kappa shape index (κ3) is 3.12. The third-order valence-electron chi connectivity index (χ3n) is 1.89. The van der Waals surface area contributed by atoms with Gasteiger partial charge in [0.05, 0.1) is 5.56 Å². The van der Waals surface area contributed by atoms with Crippen molar-refractivity contribution in [2.75, 3.05) is 6.54 Å². The molecule has 1 aromatic rings. The number of carbonyl (C=O) groups is 2. The minimum Gasteiger partial charge on any atom is -0.478 e. The zero-order valence-corrected chi connectivity index (χ0v) is 8.45. The van der Waals surface area contributed by atoms with Gasteiger partial charge in [-0.2, -0.15) is 0 Å². The van der Waals surface area contributed by atoms with Gasteiger partial charge in [0.25, 0.3) is 5.91 Å². The predicted octanol–water partition coefficient (Wildman–Crippen LogP) is 1.51. The predicted molar refractivity (Wildman–Crippen MR) is 52.9 cm³/mol. The number of carboxylic acid groups (broad SMARTS) is 1. The van der Waals surface area contributed by atoms with Crippen molar-refractivity contribution in [3.63, 3.8) is 0 Å². The SMILES string of the molecule is CCCCNC(=O)c1cc(C(=O)O)co1. The van der Waals surface area contributed by atoms with E-state index in [2.05, 4.69) is 5.32 Å². The lowest BCUT2D eigenvalue weighted by Crippen LogP contribution is -2.23. The van der Waals surface area contributed by atoms with Crippen LogP contribution >= 0.6 is 0 Å². The number of rotatable bonds is 5. The van der Waals surface area contributed by atoms with Crippen molar-refractivity contribution in [1.29, 1.82) is 0 Å². The van der Waals surface area contributed by atoms with E-state index in [4.69, 9.17) is 9.52 Å². The molecule has 82 valence electrons. The summed E-state index contributed by atoms with van der Waals surface area (Å²) in [6.45, 7) is 2.58. The lowest BCUT2D eigenvalue weighted by atomic mass is 10.3. The Morgan fingerprint density at radius 1 is 1.53 bits per heavy atom. The second-order valence-electron chi connectivity index (χ2n) is 3.11. The zero-order chi connectivity index (χ0) is 11.3. The van der Waals surface area contributed by atoms with E-state index in [0.29, 0.717) is 6.54 Å². The van der Waals surface area contributed by atoms with Crippen LogP contribution in [-0.2, 0) is 0 Å². The fraction of sp³-hybridized carbons (Fsp3) is 0.400. The topological polar surface area (TPSA) is 79.5 Å². The van der Waals surface area contributed by atoms with E-state index in [0.717, 1.165) is 19.1 Å². The first-order valence-electron chi connectivity index (χ1n) is 4.75. The molecule has 0 bridgehead atoms. The normalized spacial score (nSPS) is 9.93. The summed E-state index contributed by atoms with van der Waals surface area (Å²) in [5.74, 6) is -1.45. The van der Waals surface area contributed by atoms with Crippen molar-refractivity contribution >= 4 is 11.9 Å². The summed E-state index contributed by atoms with van der Waals surface area (Å²) in [4.78, 5) is 21.9. The average Bonchev–Trinajstić information content (AvgIpc) is 2.66. The van der Waals surface area contributed by atoms with E-state index in [1.807, 2.05) is 6.92 Å². The number of aromatic carboxylic acids is 1. The quantitative estimate of drug-likeness (QED) is 0.723. The lowest BCUT2D eigenvalue weighted by Gasteiger charge is -1.99. The Hall–Kier alpha value is -1.78. The van der Waals surface area contributed by atoms with Crippen molar-refractivity contribution in [3.05, 3.63) is 23.7 Å². The Balaban J connectivity index is 2.54. The summed E-state index contributed by atoms with van der Waals surface area (Å²) in [6, 6.07) is 1.21. The van der Waals surface area contributed by atoms with Gasteiger partial charge in [0.1, 0.15) is 6.26 Å². The van der Waals surface area contributed by atoms with E-state index in [9.17, 15) is 9.59 Å². The van der Waals surface area contributed by atoms with Crippen LogP contribution in [0.2, 0.25) is 0 Å². The van der Waals surface area contributed by atoms with E-state index < -0.39 is 5.97 Å². The summed E-state index contributed by atoms with van der Waals surface area (Å²) in [5.41, 5.74) is -0.0179. The van der Waals surface area contributed by atoms with Crippen LogP contribution in [-0.4, -0.2) is 23.5 Å². The fourth-order valence-electron chi connectivity index (χ4n) is 1.03. The minimum atomic E-state index is -1.11. The van der Waals surface area contributed by atoms with Gasteiger partial charge in [-0.05, 0) is 6.42 Å². The molecule has 0 atom stereocenters. The van der Waals surface area contributed by atoms with Crippen molar-refractivity contribution in [2.24, 2.45) is 0 Å². The van der Waals surface area contributed by atoms with Crippen LogP contribution in [0.1, 0.15) is 40.7 Å². The van der Waals surface area contributed by atoms with Crippen LogP contribution in [0.15, 0.2) is 16.7 Å². The van der Waals surface area contributed by atoms with Crippen molar-refractivity contribution in [1.82, 2.24) is 5.32 Å². The van der Waals surface area contributed by atoms with Gasteiger partial charge < -0.3 is 14.8 Å². The van der Waals surface area contributed by atoms with Crippen LogP contribution in [0.5, 0.6) is 0 Å². The second-order valence-corrected chi connectivity index (χ2v) is 3.11. The molecule has 5 heteroatoms. The number of amides is 1. The lowest BCUT2D eigenvalue weighted by molar-refractivity contribution is 0.0696. The molecule has 0 aliphatic carbocycles. The molecule has 0 aliphatic rings. The molecule has 0 radical (unpaired) electrons. The molecule has 0 unspecified atom stereocenters. The molecule has 0 saturated carbocycles. The van der Waals surface area contributed by atoms with Gasteiger partial charge in [-0.25, -0.2) is 4.79 Å². The van der Waals surface area contributed by atoms with E-state index in [1.165, 1.54) is 6.07 Å². The molecule has 1 amide bonds. The van der Waals surface area contributed by atoms with E-state index in [1.54, 1.807) is 0 Å². The van der Waals surface area contributed by atoms with Gasteiger partial charge in [-0.15, -0.1) is 0 Å². The molecule has 0 saturated heterocycles. The first kappa shape index (κ1) is 11.3. The van der Waals surface area contributed by atoms with Crippen molar-refractivity contribution in [2.45, 2.75) is 19.8 Å². The molecule has 0 aliphatic heterocycles. The zero-order valence-electron chi connectivity index (χ0n) is 8.45. The smallest absolute Gasteiger partial charge is 0.338 e. The maximum atomic E-state index is 11.4. The molecule has 15 heavy (non-hydrogen) atoms. The van der Waals surface area contributed by atoms with Gasteiger partial charge in [0.15, 0.2) is 5.76 Å². The second kappa shape index (κ2) is 5.19. The number of furan rings is 1. The van der Waals surface area contributed by atoms with Gasteiger partial charge in [0, 0.05) is 12.6 Å². The number of unbranched alkanes of at least 4 members (excludes halogenated alkanes) is 1. The number of carboxylic acids is 1. The van der Waals surface area contributed by atoms with Crippen LogP contribution < -0.4 is 5.32 Å². The molecular weight excluding hydrogens is 198 g/mol. The van der Waals surface area contributed by atoms with Gasteiger partial charge in [0.2, 0.25) is 0 Å². The highest BCUT2D eigenvalue weighted by molar-refractivity contribution is 5.95. The summed E-state index contributed by atoms with van der Waals surface area (Å²) in [6.07, 6.45) is 2.92. The van der Waals surface area contributed by atoms with E-state index in [-0.39, 0.29) is 17.2 Å². The first-order valence-corrected chi connectivity index (χ1v) is 4.75. The molecule has 1 aromatic heterocycles. The largest absolute Gasteiger partial charge is 0.478 e. The first-order chi connectivity index (χ1) is 7.15. The van der Waals surface area contributed by atoms with Crippen LogP contribution in [0, 0.1) is 0 Å². The number of hydrogen-bond acceptors (Lipinski definition) is 3. The molecule has 2 N–H and O–H groups in total. The number of carbonyl (C=O) groups excluding carboxylic acids is 1. The Bertz CT molecular complexity index is 356. The van der Waals surface area contributed by atoms with E-state index >= 15 is 0 Å². The minimum absolute atomic E-state index is 0.0179. The van der Waals surface area contributed by atoms with Crippen molar-refractivity contribution in [3.8, 4) is 0 Å². The van der Waals surface area contributed by atoms with Crippen LogP contribution in [0.4, 0.5) is 0 Å². The van der Waals surface area contributed by atoms with Crippen LogP contribution in [0.3, 0.4) is 0 Å². The Kier molecular flexibility index (Phi) is 3.91. The number of nitrogens with one attached hydrogen (secondary N) is 1. The Morgan fingerprint density at radius 2 is 2.27 bits per heavy atom. The maximum absolute atomic E-state index is 11.4. The van der Waals surface area contributed by atoms with Crippen LogP contribution in [0.25, 0.3) is 0 Å². The highest BCUT2D eigenvalue weighted by Crippen LogP contribution is 2.07. The molecule has 0 aromatic carbocycles. The molecular formula is C10H13NO4. The Morgan fingerprint density at radius 3 is 2.80 bits per heavy atom. The third-order valence-corrected chi connectivity index (χ3v) is 1.89. The molecule has 1 heterocycles. The molecule has 1 rings (SSSR count). The Labute approximate surface area is 87.1 Å². The molecule has 5 nitrogen and oxygen atoms in total.